The summed E-state index contributed by atoms with van der Waals surface area (Å²) in [5.74, 6) is -0.0339. The van der Waals surface area contributed by atoms with E-state index < -0.39 is 16.0 Å². The van der Waals surface area contributed by atoms with Gasteiger partial charge in [-0.1, -0.05) is 26.0 Å². The van der Waals surface area contributed by atoms with Crippen molar-refractivity contribution >= 4 is 38.1 Å². The summed E-state index contributed by atoms with van der Waals surface area (Å²) in [5, 5.41) is 3.77. The van der Waals surface area contributed by atoms with Crippen LogP contribution in [-0.4, -0.2) is 51.2 Å². The monoisotopic (exact) mass is 504 g/mol. The van der Waals surface area contributed by atoms with Crippen molar-refractivity contribution in [1.29, 1.82) is 0 Å². The van der Waals surface area contributed by atoms with E-state index in [2.05, 4.69) is 19.2 Å². The van der Waals surface area contributed by atoms with E-state index in [-0.39, 0.29) is 17.2 Å². The molecule has 2 aromatic rings. The average Bonchev–Trinajstić information content (AvgIpc) is 3.20. The van der Waals surface area contributed by atoms with Gasteiger partial charge >= 0.3 is 5.97 Å². The molecule has 0 radical (unpaired) electrons. The van der Waals surface area contributed by atoms with Crippen molar-refractivity contribution < 1.29 is 22.7 Å². The number of ether oxygens (including phenoxy) is 1. The Morgan fingerprint density at radius 1 is 1.15 bits per heavy atom. The number of nitrogens with one attached hydrogen (secondary N) is 1. The summed E-state index contributed by atoms with van der Waals surface area (Å²) < 4.78 is 33.0. The van der Waals surface area contributed by atoms with E-state index in [4.69, 9.17) is 4.74 Å². The van der Waals surface area contributed by atoms with Crippen LogP contribution in [0.5, 0.6) is 0 Å². The Morgan fingerprint density at radius 3 is 2.56 bits per heavy atom. The third kappa shape index (κ3) is 5.06. The van der Waals surface area contributed by atoms with Crippen molar-refractivity contribution in [2.75, 3.05) is 32.1 Å². The van der Waals surface area contributed by atoms with Crippen molar-refractivity contribution in [3.63, 3.8) is 0 Å². The number of fused-ring (bicyclic) bond motifs is 1. The lowest BCUT2D eigenvalue weighted by Crippen LogP contribution is -2.42. The Balaban J connectivity index is 1.52. The maximum Gasteiger partial charge on any atom is 0.341 e. The van der Waals surface area contributed by atoms with Crippen molar-refractivity contribution in [1.82, 2.24) is 4.31 Å². The molecule has 2 aliphatic rings. The van der Waals surface area contributed by atoms with Crippen LogP contribution in [0, 0.1) is 11.8 Å². The number of benzene rings is 1. The maximum absolute atomic E-state index is 13.2. The molecule has 34 heavy (non-hydrogen) atoms. The molecule has 2 unspecified atom stereocenters. The van der Waals surface area contributed by atoms with Crippen LogP contribution >= 0.6 is 11.3 Å². The Bertz CT molecular complexity index is 1180. The molecule has 0 amide bonds. The SMILES string of the molecule is COC(=O)c1c(NCC(=O)c2cccc(S(=O)(=O)N3CC(C)CC(C)C3)c2)sc2c1CCCC2. The molecule has 1 aliphatic carbocycles. The molecule has 4 rings (SSSR count). The van der Waals surface area contributed by atoms with Gasteiger partial charge in [0, 0.05) is 23.5 Å². The number of carbonyl (C=O) groups is 2. The Kier molecular flexibility index (Phi) is 7.45. The number of methoxy groups -OCH3 is 1. The molecule has 1 fully saturated rings. The van der Waals surface area contributed by atoms with Crippen LogP contribution in [0.1, 0.15) is 64.3 Å². The van der Waals surface area contributed by atoms with Gasteiger partial charge in [0.15, 0.2) is 5.78 Å². The molecule has 9 heteroatoms. The quantitative estimate of drug-likeness (QED) is 0.445. The van der Waals surface area contributed by atoms with Gasteiger partial charge in [-0.05, 0) is 61.6 Å². The number of esters is 1. The summed E-state index contributed by atoms with van der Waals surface area (Å²) in [6, 6.07) is 6.25. The standard InChI is InChI=1S/C25H32N2O5S2/c1-16-11-17(2)15-27(14-16)34(30,31)19-8-6-7-18(12-19)21(28)13-26-24-23(25(29)32-3)20-9-4-5-10-22(20)33-24/h6-8,12,16-17,26H,4-5,9-11,13-15H2,1-3H3. The number of hydrogen-bond acceptors (Lipinski definition) is 7. The zero-order chi connectivity index (χ0) is 24.5. The van der Waals surface area contributed by atoms with Crippen LogP contribution in [0.3, 0.4) is 0 Å². The first kappa shape index (κ1) is 24.9. The van der Waals surface area contributed by atoms with E-state index in [0.29, 0.717) is 41.1 Å². The number of piperidine rings is 1. The molecule has 1 aliphatic heterocycles. The number of nitrogens with zero attached hydrogens (tertiary/aromatic N) is 1. The van der Waals surface area contributed by atoms with Crippen molar-refractivity contribution in [2.24, 2.45) is 11.8 Å². The first-order valence-electron chi connectivity index (χ1n) is 11.8. The number of Topliss-reactive ketones (excluding diaryl/α,β-unsaturated/α-hetero) is 1. The van der Waals surface area contributed by atoms with Gasteiger partial charge in [-0.2, -0.15) is 4.31 Å². The molecule has 1 saturated heterocycles. The second kappa shape index (κ2) is 10.2. The first-order chi connectivity index (χ1) is 16.2. The number of thiophene rings is 1. The summed E-state index contributed by atoms with van der Waals surface area (Å²) >= 11 is 1.50. The van der Waals surface area contributed by atoms with Crippen molar-refractivity contribution in [3.8, 4) is 0 Å². The fourth-order valence-corrected chi connectivity index (χ4v) is 8.05. The molecule has 0 spiro atoms. The smallest absolute Gasteiger partial charge is 0.341 e. The molecule has 2 atom stereocenters. The molecule has 1 aromatic carbocycles. The highest BCUT2D eigenvalue weighted by Gasteiger charge is 2.32. The third-order valence-corrected chi connectivity index (χ3v) is 9.68. The summed E-state index contributed by atoms with van der Waals surface area (Å²) in [6.07, 6.45) is 4.88. The number of sulfonamides is 1. The van der Waals surface area contributed by atoms with E-state index in [1.54, 1.807) is 18.2 Å². The van der Waals surface area contributed by atoms with Gasteiger partial charge < -0.3 is 10.1 Å². The van der Waals surface area contributed by atoms with E-state index in [9.17, 15) is 18.0 Å². The highest BCUT2D eigenvalue weighted by molar-refractivity contribution is 7.89. The van der Waals surface area contributed by atoms with Gasteiger partial charge in [-0.25, -0.2) is 13.2 Å². The molecule has 184 valence electrons. The number of carbonyl (C=O) groups excluding carboxylic acids is 2. The Hall–Kier alpha value is -2.23. The van der Waals surface area contributed by atoms with Gasteiger partial charge in [-0.15, -0.1) is 11.3 Å². The van der Waals surface area contributed by atoms with Gasteiger partial charge in [0.25, 0.3) is 0 Å². The fourth-order valence-electron chi connectivity index (χ4n) is 5.05. The summed E-state index contributed by atoms with van der Waals surface area (Å²) in [4.78, 5) is 26.7. The topological polar surface area (TPSA) is 92.8 Å². The summed E-state index contributed by atoms with van der Waals surface area (Å²) in [7, 11) is -2.31. The average molecular weight is 505 g/mol. The van der Waals surface area contributed by atoms with Gasteiger partial charge in [-0.3, -0.25) is 4.79 Å². The number of anilines is 1. The van der Waals surface area contributed by atoms with E-state index >= 15 is 0 Å². The molecule has 2 heterocycles. The number of aryl methyl sites for hydroxylation is 1. The zero-order valence-electron chi connectivity index (χ0n) is 19.9. The van der Waals surface area contributed by atoms with Crippen molar-refractivity contribution in [2.45, 2.75) is 50.8 Å². The van der Waals surface area contributed by atoms with Crippen LogP contribution in [0.25, 0.3) is 0 Å². The minimum Gasteiger partial charge on any atom is -0.465 e. The van der Waals surface area contributed by atoms with Crippen LogP contribution in [-0.2, 0) is 27.6 Å². The lowest BCUT2D eigenvalue weighted by molar-refractivity contribution is 0.0600. The summed E-state index contributed by atoms with van der Waals surface area (Å²) in [6.45, 7) is 5.08. The number of hydrogen-bond donors (Lipinski definition) is 1. The van der Waals surface area contributed by atoms with Crippen LogP contribution in [0.15, 0.2) is 29.2 Å². The molecule has 0 saturated carbocycles. The molecular weight excluding hydrogens is 472 g/mol. The zero-order valence-corrected chi connectivity index (χ0v) is 21.6. The molecule has 1 N–H and O–H groups in total. The highest BCUT2D eigenvalue weighted by atomic mass is 32.2. The van der Waals surface area contributed by atoms with E-state index in [0.717, 1.165) is 37.7 Å². The second-order valence-corrected chi connectivity index (χ2v) is 12.5. The minimum atomic E-state index is -3.67. The fraction of sp³-hybridized carbons (Fsp3) is 0.520. The van der Waals surface area contributed by atoms with Gasteiger partial charge in [0.2, 0.25) is 10.0 Å². The van der Waals surface area contributed by atoms with Crippen LogP contribution in [0.4, 0.5) is 5.00 Å². The Labute approximate surface area is 205 Å². The normalized spacial score (nSPS) is 21.0. The number of rotatable bonds is 7. The predicted molar refractivity (Wildman–Crippen MR) is 133 cm³/mol. The molecule has 1 aromatic heterocycles. The van der Waals surface area contributed by atoms with Crippen LogP contribution < -0.4 is 5.32 Å². The predicted octanol–water partition coefficient (Wildman–Crippen LogP) is 4.37. The second-order valence-electron chi connectivity index (χ2n) is 9.48. The lowest BCUT2D eigenvalue weighted by atomic mass is 9.94. The van der Waals surface area contributed by atoms with Gasteiger partial charge in [0.1, 0.15) is 5.00 Å². The van der Waals surface area contributed by atoms with Crippen molar-refractivity contribution in [3.05, 3.63) is 45.8 Å². The maximum atomic E-state index is 13.2. The van der Waals surface area contributed by atoms with E-state index in [1.165, 1.54) is 33.7 Å². The largest absolute Gasteiger partial charge is 0.465 e. The summed E-state index contributed by atoms with van der Waals surface area (Å²) in [5.41, 5.74) is 1.88. The minimum absolute atomic E-state index is 0.0370. The molecule has 0 bridgehead atoms. The van der Waals surface area contributed by atoms with E-state index in [1.807, 2.05) is 0 Å². The Morgan fingerprint density at radius 2 is 1.85 bits per heavy atom. The number of ketones is 1. The first-order valence-corrected chi connectivity index (χ1v) is 14.1. The molecule has 7 nitrogen and oxygen atoms in total. The third-order valence-electron chi connectivity index (χ3n) is 6.60. The van der Waals surface area contributed by atoms with Gasteiger partial charge in [0.05, 0.1) is 24.1 Å². The lowest BCUT2D eigenvalue weighted by Gasteiger charge is -2.34. The highest BCUT2D eigenvalue weighted by Crippen LogP contribution is 2.38. The molecular formula is C25H32N2O5S2. The van der Waals surface area contributed by atoms with Crippen LogP contribution in [0.2, 0.25) is 0 Å².